The van der Waals surface area contributed by atoms with E-state index in [1.165, 1.54) is 6.07 Å². The quantitative estimate of drug-likeness (QED) is 0.844. The normalized spacial score (nSPS) is 24.9. The largest absolute Gasteiger partial charge is 0.416 e. The van der Waals surface area contributed by atoms with Crippen molar-refractivity contribution in [2.45, 2.75) is 44.4 Å². The maximum absolute atomic E-state index is 13.3. The van der Waals surface area contributed by atoms with Crippen LogP contribution in [0.25, 0.3) is 0 Å². The van der Waals surface area contributed by atoms with E-state index in [0.29, 0.717) is 25.6 Å². The fourth-order valence-electron chi connectivity index (χ4n) is 3.08. The zero-order valence-electron chi connectivity index (χ0n) is 12.0. The van der Waals surface area contributed by atoms with Crippen LogP contribution in [0.1, 0.15) is 43.4 Å². The van der Waals surface area contributed by atoms with Gasteiger partial charge in [-0.2, -0.15) is 13.2 Å². The molecule has 1 saturated heterocycles. The number of alkyl halides is 3. The Kier molecular flexibility index (Phi) is 4.88. The van der Waals surface area contributed by atoms with Gasteiger partial charge in [0.2, 0.25) is 0 Å². The van der Waals surface area contributed by atoms with Gasteiger partial charge in [0.25, 0.3) is 0 Å². The molecule has 2 unspecified atom stereocenters. The number of hydrogen-bond acceptors (Lipinski definition) is 2. The van der Waals surface area contributed by atoms with Crippen molar-refractivity contribution >= 4 is 0 Å². The van der Waals surface area contributed by atoms with Gasteiger partial charge < -0.3 is 5.73 Å². The van der Waals surface area contributed by atoms with Crippen LogP contribution < -0.4 is 5.73 Å². The third-order valence-electron chi connectivity index (χ3n) is 4.08. The summed E-state index contributed by atoms with van der Waals surface area (Å²) in [6.07, 6.45) is -2.09. The lowest BCUT2D eigenvalue weighted by molar-refractivity contribution is -0.139. The van der Waals surface area contributed by atoms with Crippen LogP contribution in [0.5, 0.6) is 0 Å². The van der Waals surface area contributed by atoms with Crippen LogP contribution in [0.15, 0.2) is 18.2 Å². The monoisotopic (exact) mass is 304 g/mol. The lowest BCUT2D eigenvalue weighted by Crippen LogP contribution is -2.40. The number of halogens is 4. The van der Waals surface area contributed by atoms with E-state index in [4.69, 9.17) is 5.73 Å². The minimum Gasteiger partial charge on any atom is -0.326 e. The molecule has 1 heterocycles. The highest BCUT2D eigenvalue weighted by Crippen LogP contribution is 2.39. The highest BCUT2D eigenvalue weighted by molar-refractivity contribution is 5.34. The number of likely N-dealkylation sites (tertiary alicyclic amines) is 1. The molecule has 2 nitrogen and oxygen atoms in total. The Morgan fingerprint density at radius 3 is 2.62 bits per heavy atom. The summed E-state index contributed by atoms with van der Waals surface area (Å²) in [6.45, 7) is 3.23. The van der Waals surface area contributed by atoms with Crippen molar-refractivity contribution in [2.24, 2.45) is 5.73 Å². The van der Waals surface area contributed by atoms with E-state index in [0.717, 1.165) is 18.9 Å². The topological polar surface area (TPSA) is 29.3 Å². The number of benzene rings is 1. The van der Waals surface area contributed by atoms with Gasteiger partial charge >= 0.3 is 6.18 Å². The van der Waals surface area contributed by atoms with E-state index in [2.05, 4.69) is 0 Å². The van der Waals surface area contributed by atoms with Crippen LogP contribution in [0.2, 0.25) is 0 Å². The van der Waals surface area contributed by atoms with Gasteiger partial charge in [-0.3, -0.25) is 4.90 Å². The van der Waals surface area contributed by atoms with Crippen molar-refractivity contribution in [3.05, 3.63) is 35.1 Å². The molecule has 1 aliphatic heterocycles. The summed E-state index contributed by atoms with van der Waals surface area (Å²) >= 11 is 0. The third-order valence-corrected chi connectivity index (χ3v) is 4.08. The Morgan fingerprint density at radius 1 is 1.29 bits per heavy atom. The molecule has 0 amide bonds. The van der Waals surface area contributed by atoms with E-state index < -0.39 is 23.6 Å². The minimum absolute atomic E-state index is 0.0835. The van der Waals surface area contributed by atoms with Gasteiger partial charge in [0, 0.05) is 6.04 Å². The molecule has 21 heavy (non-hydrogen) atoms. The van der Waals surface area contributed by atoms with Gasteiger partial charge in [-0.15, -0.1) is 0 Å². The van der Waals surface area contributed by atoms with Crippen LogP contribution in [-0.4, -0.2) is 24.0 Å². The first-order valence-corrected chi connectivity index (χ1v) is 7.21. The van der Waals surface area contributed by atoms with Gasteiger partial charge in [-0.05, 0) is 43.6 Å². The molecule has 0 bridgehead atoms. The maximum Gasteiger partial charge on any atom is 0.416 e. The Bertz CT molecular complexity index is 487. The summed E-state index contributed by atoms with van der Waals surface area (Å²) < 4.78 is 52.9. The molecule has 0 saturated carbocycles. The standard InChI is InChI=1S/C15H20F4N2/c1-2-21-8-4-3-5-13(20)14(21)11-7-6-10(16)9-12(11)15(17,18)19/h6-7,9,13-14H,2-5,8,20H2,1H3. The Hall–Kier alpha value is -1.14. The molecule has 1 aromatic rings. The smallest absolute Gasteiger partial charge is 0.326 e. The predicted molar refractivity (Wildman–Crippen MR) is 73.2 cm³/mol. The van der Waals surface area contributed by atoms with Gasteiger partial charge in [0.1, 0.15) is 5.82 Å². The first-order valence-electron chi connectivity index (χ1n) is 7.21. The minimum atomic E-state index is -4.58. The summed E-state index contributed by atoms with van der Waals surface area (Å²) in [6, 6.07) is 1.99. The summed E-state index contributed by atoms with van der Waals surface area (Å²) in [5, 5.41) is 0. The second-order valence-corrected chi connectivity index (χ2v) is 5.46. The van der Waals surface area contributed by atoms with Crippen molar-refractivity contribution in [2.75, 3.05) is 13.1 Å². The van der Waals surface area contributed by atoms with Crippen molar-refractivity contribution in [3.8, 4) is 0 Å². The van der Waals surface area contributed by atoms with Crippen LogP contribution in [0, 0.1) is 5.82 Å². The highest BCUT2D eigenvalue weighted by atomic mass is 19.4. The lowest BCUT2D eigenvalue weighted by atomic mass is 9.92. The molecule has 1 fully saturated rings. The second-order valence-electron chi connectivity index (χ2n) is 5.46. The van der Waals surface area contributed by atoms with Gasteiger partial charge in [0.15, 0.2) is 0 Å². The summed E-state index contributed by atoms with van der Waals surface area (Å²) in [7, 11) is 0. The molecule has 1 aromatic carbocycles. The average Bonchev–Trinajstić information content (AvgIpc) is 2.59. The fraction of sp³-hybridized carbons (Fsp3) is 0.600. The Morgan fingerprint density at radius 2 is 2.00 bits per heavy atom. The molecule has 2 rings (SSSR count). The zero-order valence-corrected chi connectivity index (χ0v) is 12.0. The summed E-state index contributed by atoms with van der Waals surface area (Å²) in [4.78, 5) is 1.96. The summed E-state index contributed by atoms with van der Waals surface area (Å²) in [5.41, 5.74) is 5.29. The number of hydrogen-bond donors (Lipinski definition) is 1. The fourth-order valence-corrected chi connectivity index (χ4v) is 3.08. The molecule has 0 spiro atoms. The van der Waals surface area contributed by atoms with E-state index in [1.807, 2.05) is 11.8 Å². The van der Waals surface area contributed by atoms with Gasteiger partial charge in [-0.1, -0.05) is 19.4 Å². The van der Waals surface area contributed by atoms with Crippen LogP contribution in [0.3, 0.4) is 0 Å². The lowest BCUT2D eigenvalue weighted by Gasteiger charge is -2.34. The van der Waals surface area contributed by atoms with E-state index in [9.17, 15) is 17.6 Å². The molecule has 6 heteroatoms. The van der Waals surface area contributed by atoms with Crippen molar-refractivity contribution in [3.63, 3.8) is 0 Å². The Labute approximate surface area is 121 Å². The van der Waals surface area contributed by atoms with E-state index >= 15 is 0 Å². The van der Waals surface area contributed by atoms with Crippen molar-refractivity contribution < 1.29 is 17.6 Å². The predicted octanol–water partition coefficient (Wildman–Crippen LogP) is 3.72. The van der Waals surface area contributed by atoms with E-state index in [-0.39, 0.29) is 11.6 Å². The summed E-state index contributed by atoms with van der Waals surface area (Å²) in [5.74, 6) is -0.878. The molecule has 2 atom stereocenters. The molecule has 0 aliphatic carbocycles. The molecule has 118 valence electrons. The number of rotatable bonds is 2. The SMILES string of the molecule is CCN1CCCCC(N)C1c1ccc(F)cc1C(F)(F)F. The van der Waals surface area contributed by atoms with Gasteiger partial charge in [-0.25, -0.2) is 4.39 Å². The number of nitrogens with two attached hydrogens (primary N) is 1. The molecular formula is C15H20F4N2. The zero-order chi connectivity index (χ0) is 15.6. The van der Waals surface area contributed by atoms with E-state index in [1.54, 1.807) is 0 Å². The second kappa shape index (κ2) is 6.32. The molecule has 1 aliphatic rings. The molecule has 0 radical (unpaired) electrons. The van der Waals surface area contributed by atoms with Crippen molar-refractivity contribution in [1.29, 1.82) is 0 Å². The number of likely N-dealkylation sites (N-methyl/N-ethyl adjacent to an activating group) is 1. The number of nitrogens with zero attached hydrogens (tertiary/aromatic N) is 1. The van der Waals surface area contributed by atoms with Gasteiger partial charge in [0.05, 0.1) is 11.6 Å². The highest BCUT2D eigenvalue weighted by Gasteiger charge is 2.39. The molecule has 0 aromatic heterocycles. The third kappa shape index (κ3) is 3.55. The first kappa shape index (κ1) is 16.2. The molecular weight excluding hydrogens is 284 g/mol. The average molecular weight is 304 g/mol. The Balaban J connectivity index is 2.51. The maximum atomic E-state index is 13.3. The van der Waals surface area contributed by atoms with Crippen LogP contribution in [-0.2, 0) is 6.18 Å². The molecule has 2 N–H and O–H groups in total. The van der Waals surface area contributed by atoms with Crippen molar-refractivity contribution in [1.82, 2.24) is 4.90 Å². The van der Waals surface area contributed by atoms with Crippen LogP contribution >= 0.6 is 0 Å². The van der Waals surface area contributed by atoms with Crippen LogP contribution in [0.4, 0.5) is 17.6 Å². The first-order chi connectivity index (χ1) is 9.84.